The number of aryl methyl sites for hydroxylation is 1. The first-order chi connectivity index (χ1) is 14.0. The molecule has 0 saturated carbocycles. The molecule has 2 N–H and O–H groups in total. The molecule has 2 aromatic carbocycles. The number of hydrogen-bond donors (Lipinski definition) is 1. The highest BCUT2D eigenvalue weighted by atomic mass is 35.5. The molecule has 4 rings (SSSR count). The maximum absolute atomic E-state index is 12.0. The van der Waals surface area contributed by atoms with Crippen molar-refractivity contribution in [2.45, 2.75) is 38.8 Å². The number of benzene rings is 2. The molecule has 31 heavy (non-hydrogen) atoms. The van der Waals surface area contributed by atoms with Crippen molar-refractivity contribution in [3.8, 4) is 16.9 Å². The van der Waals surface area contributed by atoms with E-state index in [-0.39, 0.29) is 36.8 Å². The van der Waals surface area contributed by atoms with Gasteiger partial charge in [-0.3, -0.25) is 9.78 Å². The van der Waals surface area contributed by atoms with Gasteiger partial charge in [0.05, 0.1) is 11.6 Å². The number of ether oxygens (including phenoxy) is 1. The minimum absolute atomic E-state index is 0. The van der Waals surface area contributed by atoms with E-state index in [2.05, 4.69) is 42.2 Å². The number of nitrogens with zero attached hydrogens (tertiary/aromatic N) is 2. The molecule has 1 aromatic heterocycles. The van der Waals surface area contributed by atoms with Crippen molar-refractivity contribution in [2.24, 2.45) is 5.73 Å². The summed E-state index contributed by atoms with van der Waals surface area (Å²) >= 11 is 0. The van der Waals surface area contributed by atoms with Gasteiger partial charge in [-0.05, 0) is 48.7 Å². The predicted octanol–water partition coefficient (Wildman–Crippen LogP) is 4.77. The molecule has 0 spiro atoms. The summed E-state index contributed by atoms with van der Waals surface area (Å²) in [6.45, 7) is 5.25. The lowest BCUT2D eigenvalue weighted by Crippen LogP contribution is -2.47. The molecule has 3 aromatic rings. The van der Waals surface area contributed by atoms with Crippen LogP contribution in [0.3, 0.4) is 0 Å². The summed E-state index contributed by atoms with van der Waals surface area (Å²) < 4.78 is 6.15. The number of carbonyl (C=O) groups is 1. The standard InChI is InChI=1S/C24H27N3O2.2ClH/c1-16-22(10-7-19-4-3-13-26-23(16)19)18-5-8-20(9-6-18)29-21-11-14-27(15-12-21)24(28)17(2)25;;/h3-10,13,17,21H,11-12,14-15,25H2,1-2H3;2*1H/t17-;;/m0../s1. The van der Waals surface area contributed by atoms with Crippen molar-refractivity contribution in [3.63, 3.8) is 0 Å². The van der Waals surface area contributed by atoms with E-state index in [1.807, 2.05) is 29.3 Å². The van der Waals surface area contributed by atoms with Gasteiger partial charge in [0, 0.05) is 37.5 Å². The summed E-state index contributed by atoms with van der Waals surface area (Å²) in [5.41, 5.74) is 10.3. The molecule has 1 aliphatic heterocycles. The Labute approximate surface area is 195 Å². The van der Waals surface area contributed by atoms with Crippen molar-refractivity contribution in [1.82, 2.24) is 9.88 Å². The van der Waals surface area contributed by atoms with Gasteiger partial charge in [0.2, 0.25) is 5.91 Å². The molecule has 0 aliphatic carbocycles. The van der Waals surface area contributed by atoms with E-state index in [1.165, 1.54) is 11.1 Å². The summed E-state index contributed by atoms with van der Waals surface area (Å²) in [5.74, 6) is 0.885. The van der Waals surface area contributed by atoms with E-state index in [0.29, 0.717) is 13.1 Å². The lowest BCUT2D eigenvalue weighted by atomic mass is 9.98. The van der Waals surface area contributed by atoms with Crippen molar-refractivity contribution in [2.75, 3.05) is 13.1 Å². The zero-order valence-corrected chi connectivity index (χ0v) is 19.4. The normalized spacial score (nSPS) is 15.0. The maximum Gasteiger partial charge on any atom is 0.239 e. The molecule has 1 fully saturated rings. The van der Waals surface area contributed by atoms with Crippen LogP contribution < -0.4 is 10.5 Å². The van der Waals surface area contributed by atoms with Crippen LogP contribution >= 0.6 is 24.8 Å². The third-order valence-electron chi connectivity index (χ3n) is 5.64. The average Bonchev–Trinajstić information content (AvgIpc) is 2.75. The van der Waals surface area contributed by atoms with E-state index in [4.69, 9.17) is 10.5 Å². The summed E-state index contributed by atoms with van der Waals surface area (Å²) in [4.78, 5) is 18.4. The minimum atomic E-state index is -0.436. The molecule has 166 valence electrons. The number of fused-ring (bicyclic) bond motifs is 1. The van der Waals surface area contributed by atoms with E-state index in [0.717, 1.165) is 35.1 Å². The van der Waals surface area contributed by atoms with Crippen LogP contribution in [0.4, 0.5) is 0 Å². The smallest absolute Gasteiger partial charge is 0.239 e. The van der Waals surface area contributed by atoms with Gasteiger partial charge >= 0.3 is 0 Å². The molecule has 0 bridgehead atoms. The Morgan fingerprint density at radius 2 is 1.77 bits per heavy atom. The Morgan fingerprint density at radius 3 is 2.42 bits per heavy atom. The number of carbonyl (C=O) groups excluding carboxylic acids is 1. The Balaban J connectivity index is 0.00000171. The van der Waals surface area contributed by atoms with Gasteiger partial charge in [-0.15, -0.1) is 24.8 Å². The molecular weight excluding hydrogens is 433 g/mol. The van der Waals surface area contributed by atoms with Crippen LogP contribution in [-0.2, 0) is 4.79 Å². The molecule has 1 saturated heterocycles. The summed E-state index contributed by atoms with van der Waals surface area (Å²) in [6.07, 6.45) is 3.62. The van der Waals surface area contributed by atoms with Crippen LogP contribution in [0.15, 0.2) is 54.7 Å². The highest BCUT2D eigenvalue weighted by Gasteiger charge is 2.25. The summed E-state index contributed by atoms with van der Waals surface area (Å²) in [6, 6.07) is 16.1. The monoisotopic (exact) mass is 461 g/mol. The largest absolute Gasteiger partial charge is 0.490 e. The fraction of sp³-hybridized carbons (Fsp3) is 0.333. The summed E-state index contributed by atoms with van der Waals surface area (Å²) in [5, 5.41) is 1.16. The second-order valence-corrected chi connectivity index (χ2v) is 7.77. The van der Waals surface area contributed by atoms with Gasteiger partial charge in [0.25, 0.3) is 0 Å². The number of halogens is 2. The molecule has 5 nitrogen and oxygen atoms in total. The van der Waals surface area contributed by atoms with Crippen LogP contribution in [0.2, 0.25) is 0 Å². The molecule has 2 heterocycles. The lowest BCUT2D eigenvalue weighted by Gasteiger charge is -2.33. The third-order valence-corrected chi connectivity index (χ3v) is 5.64. The number of rotatable bonds is 4. The van der Waals surface area contributed by atoms with Crippen molar-refractivity contribution < 1.29 is 9.53 Å². The second-order valence-electron chi connectivity index (χ2n) is 7.77. The minimum Gasteiger partial charge on any atom is -0.490 e. The van der Waals surface area contributed by atoms with E-state index in [9.17, 15) is 4.79 Å². The van der Waals surface area contributed by atoms with Gasteiger partial charge in [0.1, 0.15) is 11.9 Å². The van der Waals surface area contributed by atoms with E-state index < -0.39 is 6.04 Å². The number of hydrogen-bond acceptors (Lipinski definition) is 4. The molecule has 0 radical (unpaired) electrons. The number of amides is 1. The van der Waals surface area contributed by atoms with Crippen LogP contribution in [0.25, 0.3) is 22.0 Å². The molecule has 1 atom stereocenters. The highest BCUT2D eigenvalue weighted by Crippen LogP contribution is 2.30. The fourth-order valence-corrected chi connectivity index (χ4v) is 3.99. The van der Waals surface area contributed by atoms with Crippen LogP contribution in [0.5, 0.6) is 5.75 Å². The number of piperidine rings is 1. The fourth-order valence-electron chi connectivity index (χ4n) is 3.99. The first-order valence-corrected chi connectivity index (χ1v) is 10.2. The lowest BCUT2D eigenvalue weighted by molar-refractivity contribution is -0.133. The second kappa shape index (κ2) is 10.8. The predicted molar refractivity (Wildman–Crippen MR) is 130 cm³/mol. The van der Waals surface area contributed by atoms with E-state index >= 15 is 0 Å². The van der Waals surface area contributed by atoms with Crippen LogP contribution in [-0.4, -0.2) is 41.0 Å². The van der Waals surface area contributed by atoms with Gasteiger partial charge in [0.15, 0.2) is 0 Å². The van der Waals surface area contributed by atoms with Crippen molar-refractivity contribution in [3.05, 3.63) is 60.3 Å². The van der Waals surface area contributed by atoms with Gasteiger partial charge in [-0.25, -0.2) is 0 Å². The molecule has 7 heteroatoms. The number of nitrogens with two attached hydrogens (primary N) is 1. The molecule has 1 aliphatic rings. The Morgan fingerprint density at radius 1 is 1.10 bits per heavy atom. The van der Waals surface area contributed by atoms with E-state index in [1.54, 1.807) is 6.92 Å². The first kappa shape index (κ1) is 24.9. The Kier molecular flexibility index (Phi) is 8.69. The Hall–Kier alpha value is -2.34. The molecule has 0 unspecified atom stereocenters. The Bertz CT molecular complexity index is 1020. The average molecular weight is 462 g/mol. The highest BCUT2D eigenvalue weighted by molar-refractivity contribution is 5.88. The molecular formula is C24H29Cl2N3O2. The van der Waals surface area contributed by atoms with Gasteiger partial charge in [-0.1, -0.05) is 30.3 Å². The SMILES string of the molecule is Cc1c(-c2ccc(OC3CCN(C(=O)[C@H](C)N)CC3)cc2)ccc2cccnc12.Cl.Cl. The van der Waals surface area contributed by atoms with Gasteiger partial charge in [-0.2, -0.15) is 0 Å². The number of pyridine rings is 1. The first-order valence-electron chi connectivity index (χ1n) is 10.2. The maximum atomic E-state index is 12.0. The van der Waals surface area contributed by atoms with Crippen LogP contribution in [0.1, 0.15) is 25.3 Å². The van der Waals surface area contributed by atoms with Crippen molar-refractivity contribution >= 4 is 41.6 Å². The number of aromatic nitrogens is 1. The van der Waals surface area contributed by atoms with Gasteiger partial charge < -0.3 is 15.4 Å². The molecule has 1 amide bonds. The van der Waals surface area contributed by atoms with Crippen LogP contribution in [0, 0.1) is 6.92 Å². The topological polar surface area (TPSA) is 68.5 Å². The quantitative estimate of drug-likeness (QED) is 0.607. The number of likely N-dealkylation sites (tertiary alicyclic amines) is 1. The zero-order chi connectivity index (χ0) is 20.4. The van der Waals surface area contributed by atoms with Crippen molar-refractivity contribution in [1.29, 1.82) is 0 Å². The third kappa shape index (κ3) is 5.48. The summed E-state index contributed by atoms with van der Waals surface area (Å²) in [7, 11) is 0. The zero-order valence-electron chi connectivity index (χ0n) is 17.8.